The van der Waals surface area contributed by atoms with Gasteiger partial charge in [-0.25, -0.2) is 0 Å². The summed E-state index contributed by atoms with van der Waals surface area (Å²) >= 11 is 0. The summed E-state index contributed by atoms with van der Waals surface area (Å²) in [4.78, 5) is 0. The summed E-state index contributed by atoms with van der Waals surface area (Å²) < 4.78 is 5.77. The number of hydrogen-bond donors (Lipinski definition) is 2. The van der Waals surface area contributed by atoms with Crippen LogP contribution in [-0.4, -0.2) is 12.4 Å². The molecule has 0 aliphatic carbocycles. The van der Waals surface area contributed by atoms with Crippen LogP contribution in [0.2, 0.25) is 0 Å². The fraction of sp³-hybridized carbons (Fsp3) is 0.682. The van der Waals surface area contributed by atoms with Crippen LogP contribution < -0.4 is 10.5 Å². The van der Waals surface area contributed by atoms with E-state index in [4.69, 9.17) is 15.9 Å². The lowest BCUT2D eigenvalue weighted by Crippen LogP contribution is -2.12. The van der Waals surface area contributed by atoms with Crippen LogP contribution in [0.1, 0.15) is 89.5 Å². The van der Waals surface area contributed by atoms with Gasteiger partial charge < -0.3 is 10.5 Å². The molecule has 0 unspecified atom stereocenters. The van der Waals surface area contributed by atoms with Crippen molar-refractivity contribution in [2.24, 2.45) is 5.73 Å². The smallest absolute Gasteiger partial charge is 0.119 e. The number of ether oxygens (including phenoxy) is 1. The fourth-order valence-corrected chi connectivity index (χ4v) is 3.06. The minimum Gasteiger partial charge on any atom is -0.494 e. The summed E-state index contributed by atoms with van der Waals surface area (Å²) in [6.45, 7) is 3.07. The molecule has 3 N–H and O–H groups in total. The van der Waals surface area contributed by atoms with E-state index < -0.39 is 0 Å². The molecule has 1 aromatic rings. The normalized spacial score (nSPS) is 10.3. The lowest BCUT2D eigenvalue weighted by Gasteiger charge is -2.07. The summed E-state index contributed by atoms with van der Waals surface area (Å²) in [6, 6.07) is 7.91. The highest BCUT2D eigenvalue weighted by atomic mass is 35.5. The zero-order valence-corrected chi connectivity index (χ0v) is 17.4. The van der Waals surface area contributed by atoms with Crippen LogP contribution in [0.3, 0.4) is 0 Å². The Hall–Kier alpha value is -1.22. The molecular weight excluding hydrogens is 344 g/mol. The Morgan fingerprint density at radius 2 is 1.27 bits per heavy atom. The van der Waals surface area contributed by atoms with E-state index in [-0.39, 0.29) is 18.2 Å². The topological polar surface area (TPSA) is 59.1 Å². The molecule has 4 heteroatoms. The molecule has 0 aliphatic heterocycles. The van der Waals surface area contributed by atoms with E-state index in [1.807, 2.05) is 24.3 Å². The first-order chi connectivity index (χ1) is 12.2. The Kier molecular flexibility index (Phi) is 16.4. The van der Waals surface area contributed by atoms with Gasteiger partial charge in [0.05, 0.1) is 12.4 Å². The second kappa shape index (κ2) is 17.2. The van der Waals surface area contributed by atoms with Gasteiger partial charge in [-0.1, -0.05) is 89.7 Å². The van der Waals surface area contributed by atoms with Gasteiger partial charge in [0.25, 0.3) is 0 Å². The number of amidine groups is 1. The van der Waals surface area contributed by atoms with Crippen LogP contribution in [-0.2, 0) is 6.42 Å². The number of halogens is 1. The molecule has 0 radical (unpaired) electrons. The average Bonchev–Trinajstić information content (AvgIpc) is 2.60. The molecule has 0 aliphatic rings. The highest BCUT2D eigenvalue weighted by molar-refractivity contribution is 5.85. The van der Waals surface area contributed by atoms with Crippen molar-refractivity contribution in [3.8, 4) is 5.75 Å². The molecule has 0 bridgehead atoms. The number of nitrogens with two attached hydrogens (primary N) is 1. The minimum absolute atomic E-state index is 0. The molecule has 1 rings (SSSR count). The molecule has 150 valence electrons. The first-order valence-electron chi connectivity index (χ1n) is 10.3. The standard InChI is InChI=1S/C22H38N2O.ClH/c1-2-3-4-5-6-7-8-9-10-11-12-13-18-25-21-16-14-20(15-17-21)19-22(23)24;/h14-17H,2-13,18-19H2,1H3,(H3,23,24);1H. The van der Waals surface area contributed by atoms with Gasteiger partial charge in [0.1, 0.15) is 5.75 Å². The van der Waals surface area contributed by atoms with Crippen LogP contribution in [0.25, 0.3) is 0 Å². The third-order valence-electron chi connectivity index (χ3n) is 4.58. The molecular formula is C22H39ClN2O. The van der Waals surface area contributed by atoms with E-state index in [9.17, 15) is 0 Å². The first kappa shape index (κ1) is 24.8. The van der Waals surface area contributed by atoms with Gasteiger partial charge in [0, 0.05) is 6.42 Å². The number of benzene rings is 1. The Labute approximate surface area is 167 Å². The molecule has 0 amide bonds. The predicted octanol–water partition coefficient (Wildman–Crippen LogP) is 6.67. The summed E-state index contributed by atoms with van der Waals surface area (Å²) in [5, 5.41) is 7.29. The van der Waals surface area contributed by atoms with Crippen LogP contribution in [0.5, 0.6) is 5.75 Å². The second-order valence-electron chi connectivity index (χ2n) is 7.08. The van der Waals surface area contributed by atoms with Gasteiger partial charge in [-0.3, -0.25) is 5.41 Å². The Morgan fingerprint density at radius 3 is 1.73 bits per heavy atom. The Morgan fingerprint density at radius 1 is 0.808 bits per heavy atom. The van der Waals surface area contributed by atoms with Crippen molar-refractivity contribution in [3.63, 3.8) is 0 Å². The molecule has 0 fully saturated rings. The van der Waals surface area contributed by atoms with Crippen molar-refractivity contribution in [1.82, 2.24) is 0 Å². The zero-order chi connectivity index (χ0) is 18.2. The molecule has 0 atom stereocenters. The van der Waals surface area contributed by atoms with Gasteiger partial charge in [0.15, 0.2) is 0 Å². The van der Waals surface area contributed by atoms with Gasteiger partial charge in [0.2, 0.25) is 0 Å². The van der Waals surface area contributed by atoms with E-state index >= 15 is 0 Å². The maximum atomic E-state index is 7.29. The second-order valence-corrected chi connectivity index (χ2v) is 7.08. The number of rotatable bonds is 16. The number of unbranched alkanes of at least 4 members (excludes halogenated alkanes) is 11. The molecule has 0 saturated carbocycles. The maximum absolute atomic E-state index is 7.29. The summed E-state index contributed by atoms with van der Waals surface area (Å²) in [5.74, 6) is 1.11. The van der Waals surface area contributed by atoms with Crippen molar-refractivity contribution in [3.05, 3.63) is 29.8 Å². The molecule has 0 heterocycles. The third-order valence-corrected chi connectivity index (χ3v) is 4.58. The Bertz CT molecular complexity index is 448. The minimum atomic E-state index is 0. The quantitative estimate of drug-likeness (QED) is 0.190. The van der Waals surface area contributed by atoms with Crippen molar-refractivity contribution in [2.75, 3.05) is 6.61 Å². The molecule has 3 nitrogen and oxygen atoms in total. The van der Waals surface area contributed by atoms with Gasteiger partial charge >= 0.3 is 0 Å². The van der Waals surface area contributed by atoms with E-state index in [1.165, 1.54) is 70.6 Å². The summed E-state index contributed by atoms with van der Waals surface area (Å²) in [5.41, 5.74) is 6.46. The molecule has 0 saturated heterocycles. The average molecular weight is 383 g/mol. The van der Waals surface area contributed by atoms with Crippen LogP contribution >= 0.6 is 12.4 Å². The third kappa shape index (κ3) is 14.0. The van der Waals surface area contributed by atoms with Crippen molar-refractivity contribution in [2.45, 2.75) is 90.4 Å². The highest BCUT2D eigenvalue weighted by Gasteiger charge is 1.98. The van der Waals surface area contributed by atoms with E-state index in [2.05, 4.69) is 6.92 Å². The number of hydrogen-bond acceptors (Lipinski definition) is 2. The van der Waals surface area contributed by atoms with Crippen molar-refractivity contribution < 1.29 is 4.74 Å². The van der Waals surface area contributed by atoms with E-state index in [0.717, 1.165) is 24.3 Å². The molecule has 0 spiro atoms. The van der Waals surface area contributed by atoms with Crippen LogP contribution in [0, 0.1) is 5.41 Å². The van der Waals surface area contributed by atoms with Gasteiger partial charge in [-0.2, -0.15) is 0 Å². The van der Waals surface area contributed by atoms with Crippen LogP contribution in [0.15, 0.2) is 24.3 Å². The van der Waals surface area contributed by atoms with E-state index in [0.29, 0.717) is 6.42 Å². The predicted molar refractivity (Wildman–Crippen MR) is 116 cm³/mol. The summed E-state index contributed by atoms with van der Waals surface area (Å²) in [7, 11) is 0. The van der Waals surface area contributed by atoms with Gasteiger partial charge in [-0.05, 0) is 24.1 Å². The first-order valence-corrected chi connectivity index (χ1v) is 10.3. The SMILES string of the molecule is CCCCCCCCCCCCCCOc1ccc(CC(=N)N)cc1.Cl. The van der Waals surface area contributed by atoms with Gasteiger partial charge in [-0.15, -0.1) is 12.4 Å². The molecule has 1 aromatic carbocycles. The largest absolute Gasteiger partial charge is 0.494 e. The monoisotopic (exact) mass is 382 g/mol. The van der Waals surface area contributed by atoms with Crippen molar-refractivity contribution in [1.29, 1.82) is 5.41 Å². The lowest BCUT2D eigenvalue weighted by molar-refractivity contribution is 0.304. The lowest BCUT2D eigenvalue weighted by atomic mass is 10.1. The summed E-state index contributed by atoms with van der Waals surface area (Å²) in [6.07, 6.45) is 16.9. The van der Waals surface area contributed by atoms with E-state index in [1.54, 1.807) is 0 Å². The molecule has 26 heavy (non-hydrogen) atoms. The van der Waals surface area contributed by atoms with Crippen LogP contribution in [0.4, 0.5) is 0 Å². The Balaban J connectivity index is 0.00000625. The highest BCUT2D eigenvalue weighted by Crippen LogP contribution is 2.14. The number of nitrogens with one attached hydrogen (secondary N) is 1. The zero-order valence-electron chi connectivity index (χ0n) is 16.6. The van der Waals surface area contributed by atoms with Crippen molar-refractivity contribution >= 4 is 18.2 Å². The molecule has 0 aromatic heterocycles. The maximum Gasteiger partial charge on any atom is 0.119 e. The fourth-order valence-electron chi connectivity index (χ4n) is 3.06.